The van der Waals surface area contributed by atoms with Crippen LogP contribution >= 0.6 is 0 Å². The number of amides is 2. The molecule has 1 aliphatic rings. The van der Waals surface area contributed by atoms with Gasteiger partial charge < -0.3 is 15.0 Å². The predicted molar refractivity (Wildman–Crippen MR) is 126 cm³/mol. The van der Waals surface area contributed by atoms with E-state index in [9.17, 15) is 9.59 Å². The number of carbonyl (C=O) groups is 2. The number of hydrogen-bond acceptors (Lipinski definition) is 4. The van der Waals surface area contributed by atoms with Gasteiger partial charge in [0.25, 0.3) is 0 Å². The standard InChI is InChI=1S/C27H29N3O3/c1-20(22-12-14-24(15-13-22)33-19-21-8-7-16-28-18-21)29-27(32)26(23-9-3-2-4-10-23)30-17-6-5-11-25(30)31/h2-4,7-10,12-16,18,20,26H,5-6,11,17,19H2,1H3,(H,29,32). The summed E-state index contributed by atoms with van der Waals surface area (Å²) in [5.41, 5.74) is 2.80. The summed E-state index contributed by atoms with van der Waals surface area (Å²) in [7, 11) is 0. The first-order valence-corrected chi connectivity index (χ1v) is 11.4. The van der Waals surface area contributed by atoms with E-state index in [1.54, 1.807) is 17.3 Å². The molecular weight excluding hydrogens is 414 g/mol. The van der Waals surface area contributed by atoms with Gasteiger partial charge in [-0.05, 0) is 49.1 Å². The average Bonchev–Trinajstić information content (AvgIpc) is 2.86. The largest absolute Gasteiger partial charge is 0.489 e. The SMILES string of the molecule is CC(NC(=O)C(c1ccccc1)N1CCCCC1=O)c1ccc(OCc2cccnc2)cc1. The topological polar surface area (TPSA) is 71.5 Å². The molecule has 2 aromatic carbocycles. The van der Waals surface area contributed by atoms with Crippen LogP contribution in [0.3, 0.4) is 0 Å². The monoisotopic (exact) mass is 443 g/mol. The Balaban J connectivity index is 1.42. The van der Waals surface area contributed by atoms with Crippen LogP contribution in [0.4, 0.5) is 0 Å². The third-order valence-electron chi connectivity index (χ3n) is 5.90. The van der Waals surface area contributed by atoms with Gasteiger partial charge in [0.05, 0.1) is 6.04 Å². The van der Waals surface area contributed by atoms with Gasteiger partial charge in [-0.25, -0.2) is 0 Å². The summed E-state index contributed by atoms with van der Waals surface area (Å²) < 4.78 is 5.82. The molecule has 0 radical (unpaired) electrons. The first-order valence-electron chi connectivity index (χ1n) is 11.4. The van der Waals surface area contributed by atoms with E-state index in [0.29, 0.717) is 19.6 Å². The van der Waals surface area contributed by atoms with Crippen LogP contribution in [0.25, 0.3) is 0 Å². The molecule has 6 heteroatoms. The van der Waals surface area contributed by atoms with Crippen molar-refractivity contribution in [1.29, 1.82) is 0 Å². The summed E-state index contributed by atoms with van der Waals surface area (Å²) in [6, 6.07) is 20.2. The number of nitrogens with one attached hydrogen (secondary N) is 1. The van der Waals surface area contributed by atoms with Crippen molar-refractivity contribution < 1.29 is 14.3 Å². The highest BCUT2D eigenvalue weighted by Gasteiger charge is 2.33. The first-order chi connectivity index (χ1) is 16.1. The molecule has 1 aromatic heterocycles. The maximum Gasteiger partial charge on any atom is 0.247 e. The molecule has 1 aliphatic heterocycles. The van der Waals surface area contributed by atoms with Crippen molar-refractivity contribution in [3.63, 3.8) is 0 Å². The lowest BCUT2D eigenvalue weighted by Crippen LogP contribution is -2.46. The highest BCUT2D eigenvalue weighted by molar-refractivity contribution is 5.89. The third-order valence-corrected chi connectivity index (χ3v) is 5.90. The van der Waals surface area contributed by atoms with E-state index in [0.717, 1.165) is 35.3 Å². The van der Waals surface area contributed by atoms with Crippen molar-refractivity contribution in [2.24, 2.45) is 0 Å². The number of piperidine rings is 1. The minimum atomic E-state index is -0.622. The first kappa shape index (κ1) is 22.5. The van der Waals surface area contributed by atoms with Crippen LogP contribution in [-0.4, -0.2) is 28.2 Å². The van der Waals surface area contributed by atoms with Gasteiger partial charge in [-0.2, -0.15) is 0 Å². The van der Waals surface area contributed by atoms with Gasteiger partial charge in [-0.15, -0.1) is 0 Å². The molecule has 3 aromatic rings. The van der Waals surface area contributed by atoms with Crippen LogP contribution in [0.15, 0.2) is 79.1 Å². The van der Waals surface area contributed by atoms with Crippen LogP contribution in [-0.2, 0) is 16.2 Å². The second-order valence-electron chi connectivity index (χ2n) is 8.31. The Hall–Kier alpha value is -3.67. The normalized spacial score (nSPS) is 15.5. The second kappa shape index (κ2) is 10.8. The minimum absolute atomic E-state index is 0.0352. The molecule has 2 amide bonds. The molecule has 2 atom stereocenters. The van der Waals surface area contributed by atoms with Crippen molar-refractivity contribution in [2.75, 3.05) is 6.54 Å². The lowest BCUT2D eigenvalue weighted by atomic mass is 9.99. The van der Waals surface area contributed by atoms with Crippen LogP contribution in [0, 0.1) is 0 Å². The summed E-state index contributed by atoms with van der Waals surface area (Å²) in [6.07, 6.45) is 5.80. The van der Waals surface area contributed by atoms with Gasteiger partial charge in [0, 0.05) is 30.9 Å². The van der Waals surface area contributed by atoms with Crippen molar-refractivity contribution in [3.8, 4) is 5.75 Å². The summed E-state index contributed by atoms with van der Waals surface area (Å²) in [4.78, 5) is 31.8. The number of ether oxygens (including phenoxy) is 1. The van der Waals surface area contributed by atoms with Crippen molar-refractivity contribution in [2.45, 2.75) is 44.9 Å². The maximum absolute atomic E-state index is 13.4. The van der Waals surface area contributed by atoms with E-state index < -0.39 is 6.04 Å². The van der Waals surface area contributed by atoms with Gasteiger partial charge in [0.1, 0.15) is 18.4 Å². The molecule has 2 unspecified atom stereocenters. The number of hydrogen-bond donors (Lipinski definition) is 1. The van der Waals surface area contributed by atoms with Crippen LogP contribution in [0.2, 0.25) is 0 Å². The Morgan fingerprint density at radius 3 is 2.52 bits per heavy atom. The fraction of sp³-hybridized carbons (Fsp3) is 0.296. The van der Waals surface area contributed by atoms with Crippen molar-refractivity contribution >= 4 is 11.8 Å². The number of rotatable bonds is 8. The van der Waals surface area contributed by atoms with Gasteiger partial charge in [0.15, 0.2) is 0 Å². The maximum atomic E-state index is 13.4. The third kappa shape index (κ3) is 5.77. The molecule has 4 rings (SSSR count). The summed E-state index contributed by atoms with van der Waals surface area (Å²) in [6.45, 7) is 2.99. The summed E-state index contributed by atoms with van der Waals surface area (Å²) in [5.74, 6) is 0.621. The van der Waals surface area contributed by atoms with E-state index in [1.807, 2.05) is 73.7 Å². The number of aromatic nitrogens is 1. The fourth-order valence-corrected chi connectivity index (χ4v) is 4.09. The minimum Gasteiger partial charge on any atom is -0.489 e. The Morgan fingerprint density at radius 1 is 1.03 bits per heavy atom. The molecule has 170 valence electrons. The fourth-order valence-electron chi connectivity index (χ4n) is 4.09. The smallest absolute Gasteiger partial charge is 0.247 e. The highest BCUT2D eigenvalue weighted by atomic mass is 16.5. The average molecular weight is 444 g/mol. The van der Waals surface area contributed by atoms with Crippen molar-refractivity contribution in [3.05, 3.63) is 95.8 Å². The molecule has 0 aliphatic carbocycles. The van der Waals surface area contributed by atoms with E-state index >= 15 is 0 Å². The molecule has 1 N–H and O–H groups in total. The molecule has 1 fully saturated rings. The molecule has 1 saturated heterocycles. The Labute approximate surface area is 194 Å². The molecule has 6 nitrogen and oxygen atoms in total. The van der Waals surface area contributed by atoms with Crippen LogP contribution < -0.4 is 10.1 Å². The lowest BCUT2D eigenvalue weighted by Gasteiger charge is -2.34. The number of nitrogens with zero attached hydrogens (tertiary/aromatic N) is 2. The van der Waals surface area contributed by atoms with Crippen molar-refractivity contribution in [1.82, 2.24) is 15.2 Å². The highest BCUT2D eigenvalue weighted by Crippen LogP contribution is 2.27. The Morgan fingerprint density at radius 2 is 1.82 bits per heavy atom. The van der Waals surface area contributed by atoms with E-state index in [2.05, 4.69) is 10.3 Å². The summed E-state index contributed by atoms with van der Waals surface area (Å²) >= 11 is 0. The molecule has 0 bridgehead atoms. The quantitative estimate of drug-likeness (QED) is 0.553. The predicted octanol–water partition coefficient (Wildman–Crippen LogP) is 4.59. The van der Waals surface area contributed by atoms with E-state index in [-0.39, 0.29) is 17.9 Å². The zero-order valence-electron chi connectivity index (χ0n) is 18.8. The molecule has 33 heavy (non-hydrogen) atoms. The zero-order chi connectivity index (χ0) is 23.0. The molecule has 0 saturated carbocycles. The number of pyridine rings is 1. The second-order valence-corrected chi connectivity index (χ2v) is 8.31. The van der Waals surface area contributed by atoms with Crippen LogP contribution in [0.5, 0.6) is 5.75 Å². The van der Waals surface area contributed by atoms with Gasteiger partial charge >= 0.3 is 0 Å². The zero-order valence-corrected chi connectivity index (χ0v) is 18.8. The Kier molecular flexibility index (Phi) is 7.35. The molecule has 0 spiro atoms. The molecule has 2 heterocycles. The van der Waals surface area contributed by atoms with Gasteiger partial charge in [-0.3, -0.25) is 14.6 Å². The van der Waals surface area contributed by atoms with Crippen LogP contribution in [0.1, 0.15) is 55.0 Å². The summed E-state index contributed by atoms with van der Waals surface area (Å²) in [5, 5.41) is 3.11. The number of benzene rings is 2. The van der Waals surface area contributed by atoms with E-state index in [1.165, 1.54) is 0 Å². The van der Waals surface area contributed by atoms with E-state index in [4.69, 9.17) is 4.74 Å². The van der Waals surface area contributed by atoms with Gasteiger partial charge in [0.2, 0.25) is 11.8 Å². The molecular formula is C27H29N3O3. The number of likely N-dealkylation sites (tertiary alicyclic amines) is 1. The number of carbonyl (C=O) groups excluding carboxylic acids is 2. The van der Waals surface area contributed by atoms with Gasteiger partial charge in [-0.1, -0.05) is 48.5 Å². The Bertz CT molecular complexity index is 1050. The lowest BCUT2D eigenvalue weighted by molar-refractivity contribution is -0.143.